The zero-order valence-electron chi connectivity index (χ0n) is 11.1. The Labute approximate surface area is 100 Å². The molecule has 2 saturated carbocycles. The van der Waals surface area contributed by atoms with E-state index in [-0.39, 0.29) is 0 Å². The molecule has 0 amide bonds. The van der Waals surface area contributed by atoms with Gasteiger partial charge in [0.2, 0.25) is 0 Å². The predicted molar refractivity (Wildman–Crippen MR) is 70.1 cm³/mol. The molecule has 0 aromatic heterocycles. The molecule has 0 spiro atoms. The van der Waals surface area contributed by atoms with Crippen LogP contribution in [0.25, 0.3) is 0 Å². The number of hydrogen-bond donors (Lipinski definition) is 1. The first-order valence-electron chi connectivity index (χ1n) is 7.03. The Bertz CT molecular complexity index is 255. The maximum absolute atomic E-state index is 6.23. The zero-order valence-corrected chi connectivity index (χ0v) is 11.1. The normalized spacial score (nSPS) is 29.6. The fraction of sp³-hybridized carbons (Fsp3) is 0.867. The standard InChI is InChI=1S/C15H27N/c1-10(2)15(16)11(3)14-8-13(9-14)7-12-5-4-6-12/h7,10-12,14-15H,4-6,8-9,16H2,1-3H3. The Balaban J connectivity index is 1.76. The Kier molecular flexibility index (Phi) is 3.73. The van der Waals surface area contributed by atoms with Gasteiger partial charge >= 0.3 is 0 Å². The lowest BCUT2D eigenvalue weighted by Gasteiger charge is -2.39. The fourth-order valence-electron chi connectivity index (χ4n) is 2.98. The molecule has 0 aromatic rings. The summed E-state index contributed by atoms with van der Waals surface area (Å²) in [5.74, 6) is 3.11. The second-order valence-corrected chi connectivity index (χ2v) is 6.36. The van der Waals surface area contributed by atoms with Gasteiger partial charge in [-0.3, -0.25) is 0 Å². The minimum absolute atomic E-state index is 0.384. The van der Waals surface area contributed by atoms with Crippen LogP contribution in [-0.2, 0) is 0 Å². The van der Waals surface area contributed by atoms with Gasteiger partial charge in [0.25, 0.3) is 0 Å². The third kappa shape index (κ3) is 2.51. The maximum atomic E-state index is 6.23. The molecule has 0 saturated heterocycles. The smallest absolute Gasteiger partial charge is 0.00906 e. The number of rotatable bonds is 4. The summed E-state index contributed by atoms with van der Waals surface area (Å²) >= 11 is 0. The molecule has 1 heteroatoms. The zero-order chi connectivity index (χ0) is 11.7. The van der Waals surface area contributed by atoms with Crippen LogP contribution in [0.1, 0.15) is 52.9 Å². The highest BCUT2D eigenvalue weighted by Crippen LogP contribution is 2.42. The van der Waals surface area contributed by atoms with E-state index in [4.69, 9.17) is 5.73 Å². The maximum Gasteiger partial charge on any atom is 0.00906 e. The molecule has 0 bridgehead atoms. The molecular formula is C15H27N. The van der Waals surface area contributed by atoms with Crippen LogP contribution < -0.4 is 5.73 Å². The Hall–Kier alpha value is -0.300. The minimum atomic E-state index is 0.384. The van der Waals surface area contributed by atoms with Crippen LogP contribution in [0.2, 0.25) is 0 Å². The third-order valence-electron chi connectivity index (χ3n) is 4.79. The van der Waals surface area contributed by atoms with Crippen LogP contribution in [0.4, 0.5) is 0 Å². The molecule has 2 unspecified atom stereocenters. The van der Waals surface area contributed by atoms with Gasteiger partial charge in [-0.25, -0.2) is 0 Å². The van der Waals surface area contributed by atoms with E-state index in [1.807, 2.05) is 0 Å². The van der Waals surface area contributed by atoms with Gasteiger partial charge in [0.15, 0.2) is 0 Å². The predicted octanol–water partition coefficient (Wildman–Crippen LogP) is 3.74. The van der Waals surface area contributed by atoms with Crippen LogP contribution in [0.5, 0.6) is 0 Å². The molecule has 1 nitrogen and oxygen atoms in total. The SMILES string of the molecule is CC(C)C(N)C(C)C1CC(=CC2CCC2)C1. The van der Waals surface area contributed by atoms with Gasteiger partial charge < -0.3 is 5.73 Å². The van der Waals surface area contributed by atoms with Crippen molar-refractivity contribution in [2.45, 2.75) is 58.9 Å². The van der Waals surface area contributed by atoms with E-state index >= 15 is 0 Å². The second-order valence-electron chi connectivity index (χ2n) is 6.36. The summed E-state index contributed by atoms with van der Waals surface area (Å²) in [7, 11) is 0. The molecule has 0 aromatic carbocycles. The quantitative estimate of drug-likeness (QED) is 0.719. The monoisotopic (exact) mass is 221 g/mol. The van der Waals surface area contributed by atoms with Crippen molar-refractivity contribution in [3.05, 3.63) is 11.6 Å². The lowest BCUT2D eigenvalue weighted by Crippen LogP contribution is -2.40. The Morgan fingerprint density at radius 2 is 1.81 bits per heavy atom. The molecule has 2 rings (SSSR count). The van der Waals surface area contributed by atoms with Gasteiger partial charge in [-0.1, -0.05) is 38.8 Å². The van der Waals surface area contributed by atoms with Crippen LogP contribution in [0.15, 0.2) is 11.6 Å². The van der Waals surface area contributed by atoms with Crippen LogP contribution in [0.3, 0.4) is 0 Å². The van der Waals surface area contributed by atoms with Crippen molar-refractivity contribution in [3.8, 4) is 0 Å². The first kappa shape index (κ1) is 12.2. The first-order chi connectivity index (χ1) is 7.58. The van der Waals surface area contributed by atoms with Crippen LogP contribution in [-0.4, -0.2) is 6.04 Å². The van der Waals surface area contributed by atoms with Gasteiger partial charge in [-0.15, -0.1) is 0 Å². The van der Waals surface area contributed by atoms with E-state index in [0.717, 1.165) is 11.8 Å². The van der Waals surface area contributed by atoms with Crippen molar-refractivity contribution in [2.75, 3.05) is 0 Å². The summed E-state index contributed by atoms with van der Waals surface area (Å²) in [5.41, 5.74) is 7.95. The van der Waals surface area contributed by atoms with E-state index in [0.29, 0.717) is 17.9 Å². The molecule has 0 heterocycles. The lowest BCUT2D eigenvalue weighted by molar-refractivity contribution is 0.215. The van der Waals surface area contributed by atoms with E-state index in [9.17, 15) is 0 Å². The summed E-state index contributed by atoms with van der Waals surface area (Å²) < 4.78 is 0. The lowest BCUT2D eigenvalue weighted by atomic mass is 9.67. The molecule has 2 aliphatic rings. The minimum Gasteiger partial charge on any atom is -0.327 e. The van der Waals surface area contributed by atoms with E-state index in [1.54, 1.807) is 5.57 Å². The topological polar surface area (TPSA) is 26.0 Å². The van der Waals surface area contributed by atoms with E-state index in [1.165, 1.54) is 32.1 Å². The molecule has 92 valence electrons. The van der Waals surface area contributed by atoms with Crippen molar-refractivity contribution in [1.82, 2.24) is 0 Å². The molecule has 0 radical (unpaired) electrons. The summed E-state index contributed by atoms with van der Waals surface area (Å²) in [6.07, 6.45) is 9.56. The van der Waals surface area contributed by atoms with Gasteiger partial charge in [0, 0.05) is 6.04 Å². The highest BCUT2D eigenvalue weighted by Gasteiger charge is 2.33. The summed E-state index contributed by atoms with van der Waals surface area (Å²) in [4.78, 5) is 0. The number of nitrogens with two attached hydrogens (primary N) is 1. The first-order valence-corrected chi connectivity index (χ1v) is 7.03. The van der Waals surface area contributed by atoms with Gasteiger partial charge in [0.05, 0.1) is 0 Å². The highest BCUT2D eigenvalue weighted by molar-refractivity contribution is 5.16. The number of allylic oxidation sites excluding steroid dienone is 2. The summed E-state index contributed by atoms with van der Waals surface area (Å²) in [6, 6.07) is 0.384. The average molecular weight is 221 g/mol. The summed E-state index contributed by atoms with van der Waals surface area (Å²) in [5, 5.41) is 0. The van der Waals surface area contributed by atoms with E-state index in [2.05, 4.69) is 26.8 Å². The molecule has 16 heavy (non-hydrogen) atoms. The molecule has 2 N–H and O–H groups in total. The highest BCUT2D eigenvalue weighted by atomic mass is 14.7. The average Bonchev–Trinajstić information content (AvgIpc) is 2.10. The molecule has 2 fully saturated rings. The molecule has 2 aliphatic carbocycles. The van der Waals surface area contributed by atoms with Gasteiger partial charge in [-0.2, -0.15) is 0 Å². The van der Waals surface area contributed by atoms with Crippen molar-refractivity contribution in [1.29, 1.82) is 0 Å². The van der Waals surface area contributed by atoms with Crippen LogP contribution in [0, 0.1) is 23.7 Å². The van der Waals surface area contributed by atoms with Crippen molar-refractivity contribution in [2.24, 2.45) is 29.4 Å². The van der Waals surface area contributed by atoms with Crippen molar-refractivity contribution < 1.29 is 0 Å². The Morgan fingerprint density at radius 1 is 1.19 bits per heavy atom. The van der Waals surface area contributed by atoms with Crippen molar-refractivity contribution >= 4 is 0 Å². The van der Waals surface area contributed by atoms with Gasteiger partial charge in [-0.05, 0) is 49.4 Å². The molecule has 2 atom stereocenters. The summed E-state index contributed by atoms with van der Waals surface area (Å²) in [6.45, 7) is 6.82. The second kappa shape index (κ2) is 4.91. The fourth-order valence-corrected chi connectivity index (χ4v) is 2.98. The molecular weight excluding hydrogens is 194 g/mol. The van der Waals surface area contributed by atoms with Gasteiger partial charge in [0.1, 0.15) is 0 Å². The Morgan fingerprint density at radius 3 is 2.25 bits per heavy atom. The van der Waals surface area contributed by atoms with Crippen LogP contribution >= 0.6 is 0 Å². The number of hydrogen-bond acceptors (Lipinski definition) is 1. The van der Waals surface area contributed by atoms with E-state index < -0.39 is 0 Å². The third-order valence-corrected chi connectivity index (χ3v) is 4.79. The largest absolute Gasteiger partial charge is 0.327 e. The molecule has 0 aliphatic heterocycles. The van der Waals surface area contributed by atoms with Crippen molar-refractivity contribution in [3.63, 3.8) is 0 Å².